The van der Waals surface area contributed by atoms with Crippen LogP contribution >= 0.6 is 0 Å². The number of rotatable bonds is 17. The Bertz CT molecular complexity index is 859. The van der Waals surface area contributed by atoms with Crippen molar-refractivity contribution in [2.45, 2.75) is 148 Å². The molecular weight excluding hydrogens is 482 g/mol. The maximum absolute atomic E-state index is 12.9. The molecule has 2 aliphatic carbocycles. The fourth-order valence-corrected chi connectivity index (χ4v) is 6.82. The van der Waals surface area contributed by atoms with Crippen molar-refractivity contribution in [3.63, 3.8) is 0 Å². The number of nitrogens with zero attached hydrogens (tertiary/aromatic N) is 1. The van der Waals surface area contributed by atoms with E-state index < -0.39 is 0 Å². The predicted molar refractivity (Wildman–Crippen MR) is 160 cm³/mol. The Labute approximate surface area is 239 Å². The fraction of sp³-hybridized carbons (Fsp3) is 0.771. The molecular formula is C35H55NO3. The highest BCUT2D eigenvalue weighted by Gasteiger charge is 2.32. The number of unbranched alkanes of at least 4 members (excludes halogenated alkanes) is 9. The topological polar surface area (TPSA) is 59.3 Å². The van der Waals surface area contributed by atoms with Gasteiger partial charge in [-0.25, -0.2) is 4.79 Å². The van der Waals surface area contributed by atoms with Gasteiger partial charge in [-0.3, -0.25) is 0 Å². The second-order valence-corrected chi connectivity index (χ2v) is 12.4. The van der Waals surface area contributed by atoms with Crippen LogP contribution in [0.25, 0.3) is 0 Å². The molecule has 218 valence electrons. The van der Waals surface area contributed by atoms with E-state index in [0.717, 1.165) is 43.4 Å². The van der Waals surface area contributed by atoms with E-state index in [1.54, 1.807) is 18.2 Å². The van der Waals surface area contributed by atoms with Gasteiger partial charge in [-0.15, -0.1) is 0 Å². The first-order valence-corrected chi connectivity index (χ1v) is 16.5. The molecule has 0 spiro atoms. The maximum atomic E-state index is 12.9. The first-order chi connectivity index (χ1) is 19.1. The molecule has 0 N–H and O–H groups in total. The van der Waals surface area contributed by atoms with Crippen LogP contribution in [0.5, 0.6) is 5.75 Å². The van der Waals surface area contributed by atoms with Gasteiger partial charge in [-0.1, -0.05) is 97.3 Å². The summed E-state index contributed by atoms with van der Waals surface area (Å²) >= 11 is 0. The van der Waals surface area contributed by atoms with Gasteiger partial charge in [0.2, 0.25) is 0 Å². The average Bonchev–Trinajstić information content (AvgIpc) is 2.97. The zero-order chi connectivity index (χ0) is 27.7. The van der Waals surface area contributed by atoms with Crippen molar-refractivity contribution in [1.82, 2.24) is 0 Å². The third-order valence-corrected chi connectivity index (χ3v) is 9.36. The summed E-state index contributed by atoms with van der Waals surface area (Å²) in [6.45, 7) is 5.13. The highest BCUT2D eigenvalue weighted by Crippen LogP contribution is 2.41. The van der Waals surface area contributed by atoms with E-state index in [2.05, 4.69) is 19.9 Å². The van der Waals surface area contributed by atoms with Crippen LogP contribution in [0.15, 0.2) is 18.2 Å². The van der Waals surface area contributed by atoms with Gasteiger partial charge in [0.1, 0.15) is 17.9 Å². The molecule has 4 nitrogen and oxygen atoms in total. The molecule has 0 amide bonds. The molecule has 39 heavy (non-hydrogen) atoms. The van der Waals surface area contributed by atoms with Crippen LogP contribution in [0.1, 0.15) is 158 Å². The first kappa shape index (κ1) is 31.5. The monoisotopic (exact) mass is 537 g/mol. The molecule has 1 aromatic carbocycles. The van der Waals surface area contributed by atoms with E-state index in [4.69, 9.17) is 9.47 Å². The quantitative estimate of drug-likeness (QED) is 0.146. The van der Waals surface area contributed by atoms with E-state index in [0.29, 0.717) is 23.5 Å². The van der Waals surface area contributed by atoms with Gasteiger partial charge in [0, 0.05) is 0 Å². The Morgan fingerprint density at radius 3 is 2.03 bits per heavy atom. The molecule has 2 saturated carbocycles. The van der Waals surface area contributed by atoms with Crippen molar-refractivity contribution in [3.05, 3.63) is 29.3 Å². The smallest absolute Gasteiger partial charge is 0.338 e. The third-order valence-electron chi connectivity index (χ3n) is 9.36. The maximum Gasteiger partial charge on any atom is 0.338 e. The highest BCUT2D eigenvalue weighted by atomic mass is 16.5. The predicted octanol–water partition coefficient (Wildman–Crippen LogP) is 10.2. The molecule has 2 aliphatic rings. The number of nitriles is 1. The molecule has 2 fully saturated rings. The van der Waals surface area contributed by atoms with Gasteiger partial charge in [0.25, 0.3) is 0 Å². The van der Waals surface area contributed by atoms with E-state index in [9.17, 15) is 10.1 Å². The summed E-state index contributed by atoms with van der Waals surface area (Å²) in [6, 6.07) is 7.34. The van der Waals surface area contributed by atoms with E-state index in [-0.39, 0.29) is 12.1 Å². The molecule has 3 rings (SSSR count). The largest absolute Gasteiger partial charge is 0.492 e. The summed E-state index contributed by atoms with van der Waals surface area (Å²) in [5.41, 5.74) is 0.867. The summed E-state index contributed by atoms with van der Waals surface area (Å²) in [4.78, 5) is 12.9. The number of esters is 1. The SMILES string of the molecule is CCCCCCCCCOc1ccc(C(=O)OC2CCC(C3CCC(CCCCCC)CC3)CC2)cc1C#N. The number of hydrogen-bond acceptors (Lipinski definition) is 4. The molecule has 0 saturated heterocycles. The van der Waals surface area contributed by atoms with Crippen molar-refractivity contribution in [2.24, 2.45) is 17.8 Å². The van der Waals surface area contributed by atoms with Gasteiger partial charge in [0.05, 0.1) is 17.7 Å². The van der Waals surface area contributed by atoms with Crippen molar-refractivity contribution in [1.29, 1.82) is 5.26 Å². The molecule has 0 unspecified atom stereocenters. The molecule has 0 atom stereocenters. The van der Waals surface area contributed by atoms with Crippen LogP contribution in [0, 0.1) is 29.1 Å². The molecule has 1 aromatic rings. The van der Waals surface area contributed by atoms with Crippen LogP contribution in [0.2, 0.25) is 0 Å². The van der Waals surface area contributed by atoms with Gasteiger partial charge >= 0.3 is 5.97 Å². The lowest BCUT2D eigenvalue weighted by molar-refractivity contribution is 0.0109. The first-order valence-electron chi connectivity index (χ1n) is 16.5. The van der Waals surface area contributed by atoms with Crippen molar-refractivity contribution in [2.75, 3.05) is 6.61 Å². The molecule has 0 bridgehead atoms. The summed E-state index contributed by atoms with van der Waals surface area (Å²) in [7, 11) is 0. The standard InChI is InChI=1S/C35H55NO3/c1-3-5-7-9-10-11-13-25-38-34-24-21-31(26-32(34)27-36)35(37)39-33-22-19-30(20-23-33)29-17-15-28(16-18-29)14-12-8-6-4-2/h21,24,26,28-30,33H,3-20,22-23,25H2,1-2H3. The van der Waals surface area contributed by atoms with E-state index in [1.807, 2.05) is 0 Å². The zero-order valence-corrected chi connectivity index (χ0v) is 25.1. The lowest BCUT2D eigenvalue weighted by atomic mass is 9.70. The van der Waals surface area contributed by atoms with Crippen LogP contribution in [-0.4, -0.2) is 18.7 Å². The number of benzene rings is 1. The summed E-state index contributed by atoms with van der Waals surface area (Å²) in [5, 5.41) is 9.62. The van der Waals surface area contributed by atoms with Gasteiger partial charge in [-0.2, -0.15) is 5.26 Å². The van der Waals surface area contributed by atoms with Gasteiger partial charge in [-0.05, 0) is 80.9 Å². The Morgan fingerprint density at radius 2 is 1.38 bits per heavy atom. The Balaban J connectivity index is 1.34. The number of carbonyl (C=O) groups excluding carboxylic acids is 1. The normalized spacial score (nSPS) is 23.2. The lowest BCUT2D eigenvalue weighted by Gasteiger charge is -2.37. The summed E-state index contributed by atoms with van der Waals surface area (Å²) in [5.74, 6) is 2.90. The minimum Gasteiger partial charge on any atom is -0.492 e. The Hall–Kier alpha value is -2.02. The zero-order valence-electron chi connectivity index (χ0n) is 25.1. The van der Waals surface area contributed by atoms with Crippen molar-refractivity contribution in [3.8, 4) is 11.8 Å². The highest BCUT2D eigenvalue weighted by molar-refractivity contribution is 5.90. The third kappa shape index (κ3) is 11.2. The van der Waals surface area contributed by atoms with Gasteiger partial charge in [0.15, 0.2) is 0 Å². The Kier molecular flexibility index (Phi) is 14.8. The molecule has 0 heterocycles. The van der Waals surface area contributed by atoms with Crippen LogP contribution in [-0.2, 0) is 4.74 Å². The molecule has 0 aromatic heterocycles. The number of ether oxygens (including phenoxy) is 2. The van der Waals surface area contributed by atoms with E-state index in [1.165, 1.54) is 103 Å². The molecule has 4 heteroatoms. The van der Waals surface area contributed by atoms with Crippen LogP contribution < -0.4 is 4.74 Å². The number of hydrogen-bond donors (Lipinski definition) is 0. The molecule has 0 radical (unpaired) electrons. The Morgan fingerprint density at radius 1 is 0.795 bits per heavy atom. The average molecular weight is 538 g/mol. The second kappa shape index (κ2) is 18.4. The van der Waals surface area contributed by atoms with Crippen molar-refractivity contribution < 1.29 is 14.3 Å². The fourth-order valence-electron chi connectivity index (χ4n) is 6.82. The van der Waals surface area contributed by atoms with Crippen LogP contribution in [0.4, 0.5) is 0 Å². The minimum absolute atomic E-state index is 0.00226. The van der Waals surface area contributed by atoms with E-state index >= 15 is 0 Å². The van der Waals surface area contributed by atoms with Gasteiger partial charge < -0.3 is 9.47 Å². The summed E-state index contributed by atoms with van der Waals surface area (Å²) < 4.78 is 11.8. The lowest BCUT2D eigenvalue weighted by Crippen LogP contribution is -2.29. The minimum atomic E-state index is -0.308. The van der Waals surface area contributed by atoms with Crippen LogP contribution in [0.3, 0.4) is 0 Å². The second-order valence-electron chi connectivity index (χ2n) is 12.4. The molecule has 0 aliphatic heterocycles. The van der Waals surface area contributed by atoms with Crippen molar-refractivity contribution >= 4 is 5.97 Å². The summed E-state index contributed by atoms with van der Waals surface area (Å²) in [6.07, 6.45) is 25.5. The number of carbonyl (C=O) groups is 1.